The van der Waals surface area contributed by atoms with Crippen LogP contribution in [0.25, 0.3) is 0 Å². The van der Waals surface area contributed by atoms with Gasteiger partial charge in [0.2, 0.25) is 5.91 Å². The van der Waals surface area contributed by atoms with E-state index in [9.17, 15) is 9.59 Å². The number of carboxylic acid groups (broad SMARTS) is 1. The molecule has 0 bridgehead atoms. The lowest BCUT2D eigenvalue weighted by atomic mass is 9.93. The van der Waals surface area contributed by atoms with Crippen molar-refractivity contribution in [2.24, 2.45) is 5.92 Å². The number of rotatable bonds is 6. The van der Waals surface area contributed by atoms with Crippen LogP contribution in [0.1, 0.15) is 24.8 Å². The molecule has 2 rings (SSSR count). The maximum Gasteiger partial charge on any atom is 0.303 e. The number of nitrogens with zero attached hydrogens (tertiary/aromatic N) is 1. The Labute approximate surface area is 136 Å². The van der Waals surface area contributed by atoms with E-state index < -0.39 is 5.97 Å². The third-order valence-corrected chi connectivity index (χ3v) is 4.23. The molecule has 1 fully saturated rings. The molecule has 0 saturated carbocycles. The topological polar surface area (TPSA) is 76.1 Å². The van der Waals surface area contributed by atoms with Crippen molar-refractivity contribution in [3.63, 3.8) is 0 Å². The minimum absolute atomic E-state index is 0.0611. The number of hydrogen-bond donors (Lipinski definition) is 1. The van der Waals surface area contributed by atoms with Crippen LogP contribution in [0.15, 0.2) is 18.2 Å². The molecule has 1 N–H and O–H groups in total. The zero-order chi connectivity index (χ0) is 16.8. The summed E-state index contributed by atoms with van der Waals surface area (Å²) in [6, 6.07) is 5.46. The molecule has 0 atom stereocenters. The van der Waals surface area contributed by atoms with Crippen LogP contribution in [0.5, 0.6) is 11.5 Å². The van der Waals surface area contributed by atoms with Gasteiger partial charge in [-0.15, -0.1) is 0 Å². The van der Waals surface area contributed by atoms with Crippen molar-refractivity contribution >= 4 is 11.9 Å². The van der Waals surface area contributed by atoms with Crippen LogP contribution < -0.4 is 9.47 Å². The van der Waals surface area contributed by atoms with Gasteiger partial charge in [0.1, 0.15) is 0 Å². The predicted octanol–water partition coefficient (Wildman–Crippen LogP) is 1.96. The number of carboxylic acids is 1. The van der Waals surface area contributed by atoms with Gasteiger partial charge in [0.05, 0.1) is 20.6 Å². The van der Waals surface area contributed by atoms with Crippen molar-refractivity contribution in [3.05, 3.63) is 23.8 Å². The smallest absolute Gasteiger partial charge is 0.303 e. The van der Waals surface area contributed by atoms with Gasteiger partial charge in [-0.1, -0.05) is 6.07 Å². The summed E-state index contributed by atoms with van der Waals surface area (Å²) in [6.07, 6.45) is 2.01. The summed E-state index contributed by atoms with van der Waals surface area (Å²) >= 11 is 0. The Balaban J connectivity index is 1.91. The summed E-state index contributed by atoms with van der Waals surface area (Å²) in [7, 11) is 3.14. The van der Waals surface area contributed by atoms with Crippen LogP contribution in [0, 0.1) is 5.92 Å². The van der Waals surface area contributed by atoms with E-state index in [1.54, 1.807) is 20.3 Å². The highest BCUT2D eigenvalue weighted by atomic mass is 16.5. The number of piperidine rings is 1. The van der Waals surface area contributed by atoms with E-state index >= 15 is 0 Å². The largest absolute Gasteiger partial charge is 0.493 e. The first-order valence-corrected chi connectivity index (χ1v) is 7.74. The lowest BCUT2D eigenvalue weighted by Gasteiger charge is -2.31. The molecule has 6 nitrogen and oxygen atoms in total. The Hall–Kier alpha value is -2.24. The summed E-state index contributed by atoms with van der Waals surface area (Å²) in [5, 5.41) is 8.83. The molecule has 1 aliphatic heterocycles. The first kappa shape index (κ1) is 17.1. The van der Waals surface area contributed by atoms with E-state index in [0.717, 1.165) is 18.4 Å². The molecule has 0 aliphatic carbocycles. The third kappa shape index (κ3) is 4.61. The zero-order valence-corrected chi connectivity index (χ0v) is 13.6. The highest BCUT2D eigenvalue weighted by Crippen LogP contribution is 2.28. The lowest BCUT2D eigenvalue weighted by Crippen LogP contribution is -2.39. The number of benzene rings is 1. The summed E-state index contributed by atoms with van der Waals surface area (Å²) in [5.74, 6) is 0.722. The Kier molecular flexibility index (Phi) is 5.84. The van der Waals surface area contributed by atoms with Crippen LogP contribution in [0.3, 0.4) is 0 Å². The molecule has 1 aromatic carbocycles. The van der Waals surface area contributed by atoms with Crippen LogP contribution >= 0.6 is 0 Å². The molecule has 1 saturated heterocycles. The normalized spacial score (nSPS) is 15.3. The summed E-state index contributed by atoms with van der Waals surface area (Å²) < 4.78 is 10.4. The van der Waals surface area contributed by atoms with Gasteiger partial charge >= 0.3 is 5.97 Å². The van der Waals surface area contributed by atoms with E-state index in [2.05, 4.69) is 0 Å². The average molecular weight is 321 g/mol. The second kappa shape index (κ2) is 7.85. The molecule has 1 aliphatic rings. The molecule has 0 unspecified atom stereocenters. The van der Waals surface area contributed by atoms with Crippen molar-refractivity contribution in [1.82, 2.24) is 4.90 Å². The van der Waals surface area contributed by atoms with Crippen molar-refractivity contribution in [3.8, 4) is 11.5 Å². The number of ether oxygens (including phenoxy) is 2. The zero-order valence-electron chi connectivity index (χ0n) is 13.6. The molecule has 126 valence electrons. The summed E-state index contributed by atoms with van der Waals surface area (Å²) in [4.78, 5) is 24.9. The van der Waals surface area contributed by atoms with E-state index in [0.29, 0.717) is 31.0 Å². The fraction of sp³-hybridized carbons (Fsp3) is 0.529. The fourth-order valence-electron chi connectivity index (χ4n) is 2.91. The maximum atomic E-state index is 12.4. The first-order valence-electron chi connectivity index (χ1n) is 7.74. The maximum absolute atomic E-state index is 12.4. The first-order chi connectivity index (χ1) is 11.0. The molecule has 1 amide bonds. The van der Waals surface area contributed by atoms with Gasteiger partial charge in [-0.25, -0.2) is 0 Å². The van der Waals surface area contributed by atoms with Gasteiger partial charge in [-0.05, 0) is 36.5 Å². The quantitative estimate of drug-likeness (QED) is 0.867. The minimum atomic E-state index is -0.764. The predicted molar refractivity (Wildman–Crippen MR) is 84.8 cm³/mol. The molecule has 23 heavy (non-hydrogen) atoms. The monoisotopic (exact) mass is 321 g/mol. The van der Waals surface area contributed by atoms with Gasteiger partial charge in [0, 0.05) is 19.5 Å². The Bertz CT molecular complexity index is 564. The third-order valence-electron chi connectivity index (χ3n) is 4.23. The molecule has 6 heteroatoms. The van der Waals surface area contributed by atoms with Crippen LogP contribution in [-0.4, -0.2) is 49.2 Å². The Morgan fingerprint density at radius 1 is 1.17 bits per heavy atom. The highest BCUT2D eigenvalue weighted by molar-refractivity contribution is 5.79. The van der Waals surface area contributed by atoms with Crippen molar-refractivity contribution < 1.29 is 24.2 Å². The number of hydrogen-bond acceptors (Lipinski definition) is 4. The number of carbonyl (C=O) groups excluding carboxylic acids is 1. The lowest BCUT2D eigenvalue weighted by molar-refractivity contribution is -0.138. The molecule has 0 spiro atoms. The summed E-state index contributed by atoms with van der Waals surface area (Å²) in [5.41, 5.74) is 0.875. The van der Waals surface area contributed by atoms with Gasteiger partial charge in [-0.3, -0.25) is 9.59 Å². The Morgan fingerprint density at radius 2 is 1.83 bits per heavy atom. The van der Waals surface area contributed by atoms with Gasteiger partial charge < -0.3 is 19.5 Å². The van der Waals surface area contributed by atoms with Gasteiger partial charge in [0.25, 0.3) is 0 Å². The van der Waals surface area contributed by atoms with Gasteiger partial charge in [-0.2, -0.15) is 0 Å². The minimum Gasteiger partial charge on any atom is -0.493 e. The summed E-state index contributed by atoms with van der Waals surface area (Å²) in [6.45, 7) is 1.26. The fourth-order valence-corrected chi connectivity index (χ4v) is 2.91. The molecule has 0 radical (unpaired) electrons. The number of carbonyl (C=O) groups is 2. The highest BCUT2D eigenvalue weighted by Gasteiger charge is 2.24. The van der Waals surface area contributed by atoms with E-state index in [-0.39, 0.29) is 18.2 Å². The number of methoxy groups -OCH3 is 2. The van der Waals surface area contributed by atoms with Crippen LogP contribution in [0.2, 0.25) is 0 Å². The standard InChI is InChI=1S/C17H23NO5/c1-22-14-4-3-13(9-15(14)23-2)10-16(19)18-7-5-12(6-8-18)11-17(20)21/h3-4,9,12H,5-8,10-11H2,1-2H3,(H,20,21). The van der Waals surface area contributed by atoms with Crippen molar-refractivity contribution in [1.29, 1.82) is 0 Å². The molecule has 1 aromatic rings. The second-order valence-electron chi connectivity index (χ2n) is 5.79. The molecule has 0 aromatic heterocycles. The van der Waals surface area contributed by atoms with Crippen LogP contribution in [-0.2, 0) is 16.0 Å². The molecular weight excluding hydrogens is 298 g/mol. The molecule has 1 heterocycles. The SMILES string of the molecule is COc1ccc(CC(=O)N2CCC(CC(=O)O)CC2)cc1OC. The Morgan fingerprint density at radius 3 is 2.39 bits per heavy atom. The van der Waals surface area contributed by atoms with Crippen molar-refractivity contribution in [2.45, 2.75) is 25.7 Å². The van der Waals surface area contributed by atoms with Gasteiger partial charge in [0.15, 0.2) is 11.5 Å². The van der Waals surface area contributed by atoms with Crippen LogP contribution in [0.4, 0.5) is 0 Å². The number of likely N-dealkylation sites (tertiary alicyclic amines) is 1. The molecular formula is C17H23NO5. The van der Waals surface area contributed by atoms with E-state index in [1.807, 2.05) is 17.0 Å². The number of aliphatic carboxylic acids is 1. The second-order valence-corrected chi connectivity index (χ2v) is 5.79. The average Bonchev–Trinajstić information content (AvgIpc) is 2.54. The van der Waals surface area contributed by atoms with E-state index in [4.69, 9.17) is 14.6 Å². The number of amides is 1. The van der Waals surface area contributed by atoms with Crippen molar-refractivity contribution in [2.75, 3.05) is 27.3 Å². The van der Waals surface area contributed by atoms with E-state index in [1.165, 1.54) is 0 Å².